The van der Waals surface area contributed by atoms with Gasteiger partial charge in [-0.1, -0.05) is 38.1 Å². The third kappa shape index (κ3) is 2.92. The maximum Gasteiger partial charge on any atom is 0.0878 e. The lowest BCUT2D eigenvalue weighted by Crippen LogP contribution is -2.30. The van der Waals surface area contributed by atoms with E-state index in [0.29, 0.717) is 0 Å². The van der Waals surface area contributed by atoms with Crippen LogP contribution in [0.25, 0.3) is 0 Å². The van der Waals surface area contributed by atoms with Crippen LogP contribution in [0, 0.1) is 0 Å². The Morgan fingerprint density at radius 3 is 2.35 bits per heavy atom. The van der Waals surface area contributed by atoms with Gasteiger partial charge in [0.1, 0.15) is 0 Å². The van der Waals surface area contributed by atoms with Gasteiger partial charge in [-0.15, -0.1) is 0 Å². The number of nitrogens with one attached hydrogen (secondary N) is 1. The van der Waals surface area contributed by atoms with Crippen LogP contribution in [-0.4, -0.2) is 9.78 Å². The second-order valence-corrected chi connectivity index (χ2v) is 4.92. The molecule has 0 bridgehead atoms. The van der Waals surface area contributed by atoms with Crippen molar-refractivity contribution in [1.82, 2.24) is 15.2 Å². The average molecular weight is 272 g/mol. The maximum atomic E-state index is 5.79. The molecule has 0 saturated carbocycles. The van der Waals surface area contributed by atoms with Gasteiger partial charge < -0.3 is 0 Å². The highest BCUT2D eigenvalue weighted by Gasteiger charge is 2.18. The van der Waals surface area contributed by atoms with Crippen molar-refractivity contribution >= 4 is 0 Å². The topological polar surface area (TPSA) is 55.9 Å². The first-order chi connectivity index (χ1) is 9.73. The Bertz CT molecular complexity index is 542. The van der Waals surface area contributed by atoms with Crippen LogP contribution in [0.4, 0.5) is 0 Å². The van der Waals surface area contributed by atoms with Crippen molar-refractivity contribution in [3.63, 3.8) is 0 Å². The normalized spacial score (nSPS) is 12.6. The van der Waals surface area contributed by atoms with Gasteiger partial charge in [0.15, 0.2) is 0 Å². The molecule has 0 aliphatic heterocycles. The van der Waals surface area contributed by atoms with E-state index in [9.17, 15) is 0 Å². The van der Waals surface area contributed by atoms with E-state index >= 15 is 0 Å². The summed E-state index contributed by atoms with van der Waals surface area (Å²) in [5.74, 6) is 5.79. The SMILES string of the molecule is CCc1ccc(C(NN)c2cc(CC)nn2CC)cc1. The van der Waals surface area contributed by atoms with Crippen LogP contribution in [-0.2, 0) is 19.4 Å². The molecular weight excluding hydrogens is 248 g/mol. The predicted octanol–water partition coefficient (Wildman–Crippen LogP) is 2.58. The van der Waals surface area contributed by atoms with Gasteiger partial charge in [0.25, 0.3) is 0 Å². The van der Waals surface area contributed by atoms with E-state index in [2.05, 4.69) is 61.6 Å². The van der Waals surface area contributed by atoms with Gasteiger partial charge in [0.05, 0.1) is 17.4 Å². The van der Waals surface area contributed by atoms with Crippen LogP contribution in [0.5, 0.6) is 0 Å². The Kier molecular flexibility index (Phi) is 4.93. The molecule has 4 heteroatoms. The number of rotatable bonds is 6. The monoisotopic (exact) mass is 272 g/mol. The first-order valence-electron chi connectivity index (χ1n) is 7.35. The van der Waals surface area contributed by atoms with Crippen molar-refractivity contribution in [2.45, 2.75) is 46.2 Å². The molecule has 0 amide bonds. The van der Waals surface area contributed by atoms with Crippen LogP contribution in [0.1, 0.15) is 49.3 Å². The first kappa shape index (κ1) is 14.8. The number of nitrogens with two attached hydrogens (primary N) is 1. The lowest BCUT2D eigenvalue weighted by molar-refractivity contribution is 0.541. The summed E-state index contributed by atoms with van der Waals surface area (Å²) in [6.07, 6.45) is 1.99. The van der Waals surface area contributed by atoms with E-state index in [-0.39, 0.29) is 6.04 Å². The van der Waals surface area contributed by atoms with Gasteiger partial charge in [-0.3, -0.25) is 10.5 Å². The second kappa shape index (κ2) is 6.68. The Labute approximate surface area is 121 Å². The molecule has 2 aromatic rings. The quantitative estimate of drug-likeness (QED) is 0.628. The van der Waals surface area contributed by atoms with E-state index in [1.807, 2.05) is 4.68 Å². The molecule has 20 heavy (non-hydrogen) atoms. The van der Waals surface area contributed by atoms with E-state index < -0.39 is 0 Å². The zero-order valence-corrected chi connectivity index (χ0v) is 12.6. The largest absolute Gasteiger partial charge is 0.271 e. The number of hydrazine groups is 1. The van der Waals surface area contributed by atoms with Crippen molar-refractivity contribution in [2.75, 3.05) is 0 Å². The smallest absolute Gasteiger partial charge is 0.0878 e. The minimum Gasteiger partial charge on any atom is -0.271 e. The molecule has 1 aromatic carbocycles. The molecule has 0 aliphatic carbocycles. The highest BCUT2D eigenvalue weighted by Crippen LogP contribution is 2.23. The van der Waals surface area contributed by atoms with E-state index in [0.717, 1.165) is 30.8 Å². The van der Waals surface area contributed by atoms with E-state index in [1.54, 1.807) is 0 Å². The van der Waals surface area contributed by atoms with Gasteiger partial charge in [0, 0.05) is 6.54 Å². The number of aryl methyl sites for hydroxylation is 3. The van der Waals surface area contributed by atoms with E-state index in [4.69, 9.17) is 5.84 Å². The van der Waals surface area contributed by atoms with Crippen LogP contribution >= 0.6 is 0 Å². The molecule has 0 spiro atoms. The summed E-state index contributed by atoms with van der Waals surface area (Å²) in [6.45, 7) is 7.23. The number of nitrogens with zero attached hydrogens (tertiary/aromatic N) is 2. The van der Waals surface area contributed by atoms with Gasteiger partial charge in [-0.2, -0.15) is 5.10 Å². The van der Waals surface area contributed by atoms with Crippen LogP contribution in [0.15, 0.2) is 30.3 Å². The minimum absolute atomic E-state index is 0.0198. The Morgan fingerprint density at radius 2 is 1.85 bits per heavy atom. The van der Waals surface area contributed by atoms with Gasteiger partial charge in [0.2, 0.25) is 0 Å². The summed E-state index contributed by atoms with van der Waals surface area (Å²) in [5.41, 5.74) is 7.65. The number of aromatic nitrogens is 2. The number of benzene rings is 1. The van der Waals surface area contributed by atoms with E-state index in [1.165, 1.54) is 11.1 Å². The van der Waals surface area contributed by atoms with Crippen molar-refractivity contribution in [2.24, 2.45) is 5.84 Å². The zero-order chi connectivity index (χ0) is 14.5. The second-order valence-electron chi connectivity index (χ2n) is 4.92. The summed E-state index contributed by atoms with van der Waals surface area (Å²) in [4.78, 5) is 0. The van der Waals surface area contributed by atoms with Crippen LogP contribution in [0.2, 0.25) is 0 Å². The van der Waals surface area contributed by atoms with Crippen molar-refractivity contribution in [3.8, 4) is 0 Å². The lowest BCUT2D eigenvalue weighted by atomic mass is 10.0. The van der Waals surface area contributed by atoms with Crippen LogP contribution in [0.3, 0.4) is 0 Å². The summed E-state index contributed by atoms with van der Waals surface area (Å²) in [7, 11) is 0. The lowest BCUT2D eigenvalue weighted by Gasteiger charge is -2.18. The maximum absolute atomic E-state index is 5.79. The molecule has 108 valence electrons. The first-order valence-corrected chi connectivity index (χ1v) is 7.35. The standard InChI is InChI=1S/C16H24N4/c1-4-12-7-9-13(10-8-12)16(18-17)15-11-14(5-2)19-20(15)6-3/h7-11,16,18H,4-6,17H2,1-3H3. The summed E-state index contributed by atoms with van der Waals surface area (Å²) in [6, 6.07) is 10.7. The molecule has 0 fully saturated rings. The van der Waals surface area contributed by atoms with Crippen LogP contribution < -0.4 is 11.3 Å². The minimum atomic E-state index is -0.0198. The molecule has 0 saturated heterocycles. The van der Waals surface area contributed by atoms with Crippen molar-refractivity contribution in [3.05, 3.63) is 52.8 Å². The Morgan fingerprint density at radius 1 is 1.15 bits per heavy atom. The highest BCUT2D eigenvalue weighted by molar-refractivity contribution is 5.31. The fourth-order valence-electron chi connectivity index (χ4n) is 2.44. The number of hydrogen-bond acceptors (Lipinski definition) is 3. The molecule has 1 heterocycles. The average Bonchev–Trinajstić information content (AvgIpc) is 2.92. The predicted molar refractivity (Wildman–Crippen MR) is 82.3 cm³/mol. The Hall–Kier alpha value is -1.65. The van der Waals surface area contributed by atoms with Gasteiger partial charge in [-0.25, -0.2) is 5.43 Å². The Balaban J connectivity index is 2.37. The molecule has 1 atom stereocenters. The fraction of sp³-hybridized carbons (Fsp3) is 0.438. The third-order valence-corrected chi connectivity index (χ3v) is 3.71. The summed E-state index contributed by atoms with van der Waals surface area (Å²) in [5, 5.41) is 4.60. The molecule has 4 nitrogen and oxygen atoms in total. The van der Waals surface area contributed by atoms with Gasteiger partial charge in [-0.05, 0) is 37.0 Å². The summed E-state index contributed by atoms with van der Waals surface area (Å²) >= 11 is 0. The van der Waals surface area contributed by atoms with Crippen molar-refractivity contribution < 1.29 is 0 Å². The molecule has 1 unspecified atom stereocenters. The highest BCUT2D eigenvalue weighted by atomic mass is 15.3. The molecule has 2 rings (SSSR count). The summed E-state index contributed by atoms with van der Waals surface area (Å²) < 4.78 is 2.02. The molecule has 1 aromatic heterocycles. The molecule has 0 aliphatic rings. The molecule has 0 radical (unpaired) electrons. The third-order valence-electron chi connectivity index (χ3n) is 3.71. The zero-order valence-electron chi connectivity index (χ0n) is 12.6. The van der Waals surface area contributed by atoms with Crippen molar-refractivity contribution in [1.29, 1.82) is 0 Å². The fourth-order valence-corrected chi connectivity index (χ4v) is 2.44. The molecule has 3 N–H and O–H groups in total. The number of hydrogen-bond donors (Lipinski definition) is 2. The van der Waals surface area contributed by atoms with Gasteiger partial charge >= 0.3 is 0 Å². The molecular formula is C16H24N4.